The van der Waals surface area contributed by atoms with Gasteiger partial charge in [0.05, 0.1) is 6.04 Å². The van der Waals surface area contributed by atoms with Gasteiger partial charge < -0.3 is 10.0 Å². The standard InChI is InChI=1S/C7H12NO3/c9-4-6-2-1-3-8(6)7(11)5-10/h6,10H,1-5H2/t6-/m0/s1. The van der Waals surface area contributed by atoms with E-state index in [0.29, 0.717) is 6.54 Å². The van der Waals surface area contributed by atoms with Crippen LogP contribution in [0.5, 0.6) is 0 Å². The fraction of sp³-hybridized carbons (Fsp3) is 0.857. The second-order valence-electron chi connectivity index (χ2n) is 2.71. The number of amides is 1. The average Bonchev–Trinajstić information content (AvgIpc) is 2.50. The van der Waals surface area contributed by atoms with Crippen molar-refractivity contribution < 1.29 is 15.0 Å². The highest BCUT2D eigenvalue weighted by Crippen LogP contribution is 2.16. The van der Waals surface area contributed by atoms with Crippen molar-refractivity contribution in [1.29, 1.82) is 0 Å². The zero-order valence-corrected chi connectivity index (χ0v) is 6.32. The molecule has 4 heteroatoms. The molecule has 11 heavy (non-hydrogen) atoms. The van der Waals surface area contributed by atoms with E-state index in [9.17, 15) is 9.90 Å². The van der Waals surface area contributed by atoms with Crippen molar-refractivity contribution in [3.8, 4) is 0 Å². The molecule has 0 aromatic rings. The molecular formula is C7H12NO3. The molecular weight excluding hydrogens is 146 g/mol. The first-order valence-corrected chi connectivity index (χ1v) is 3.78. The summed E-state index contributed by atoms with van der Waals surface area (Å²) in [6, 6.07) is -0.172. The molecule has 0 aromatic heterocycles. The Morgan fingerprint density at radius 1 is 1.64 bits per heavy atom. The van der Waals surface area contributed by atoms with Gasteiger partial charge in [0.15, 0.2) is 0 Å². The molecule has 0 spiro atoms. The summed E-state index contributed by atoms with van der Waals surface area (Å²) in [6.07, 6.45) is 1.67. The number of rotatable bonds is 2. The summed E-state index contributed by atoms with van der Waals surface area (Å²) in [6.45, 7) is -0.0888. The molecule has 1 saturated heterocycles. The molecule has 1 fully saturated rings. The predicted molar refractivity (Wildman–Crippen MR) is 37.4 cm³/mol. The van der Waals surface area contributed by atoms with E-state index in [1.165, 1.54) is 4.90 Å². The molecule has 0 aliphatic carbocycles. The highest BCUT2D eigenvalue weighted by atomic mass is 16.3. The number of nitrogens with zero attached hydrogens (tertiary/aromatic N) is 1. The van der Waals surface area contributed by atoms with E-state index >= 15 is 0 Å². The minimum Gasteiger partial charge on any atom is -0.387 e. The van der Waals surface area contributed by atoms with Crippen molar-refractivity contribution in [1.82, 2.24) is 4.90 Å². The molecule has 1 rings (SSSR count). The van der Waals surface area contributed by atoms with Crippen molar-refractivity contribution in [3.05, 3.63) is 0 Å². The molecule has 4 nitrogen and oxygen atoms in total. The van der Waals surface area contributed by atoms with Crippen molar-refractivity contribution in [2.24, 2.45) is 0 Å². The molecule has 1 radical (unpaired) electrons. The smallest absolute Gasteiger partial charge is 0.248 e. The molecule has 0 saturated carbocycles. The summed E-state index contributed by atoms with van der Waals surface area (Å²) >= 11 is 0. The van der Waals surface area contributed by atoms with Crippen LogP contribution in [0.3, 0.4) is 0 Å². The fourth-order valence-electron chi connectivity index (χ4n) is 1.43. The van der Waals surface area contributed by atoms with Gasteiger partial charge in [0.2, 0.25) is 5.91 Å². The summed E-state index contributed by atoms with van der Waals surface area (Å²) in [5, 5.41) is 19.0. The fourth-order valence-corrected chi connectivity index (χ4v) is 1.43. The predicted octanol–water partition coefficient (Wildman–Crippen LogP) is -0.600. The van der Waals surface area contributed by atoms with Crippen molar-refractivity contribution in [2.45, 2.75) is 18.9 Å². The van der Waals surface area contributed by atoms with E-state index in [2.05, 4.69) is 0 Å². The second-order valence-corrected chi connectivity index (χ2v) is 2.71. The monoisotopic (exact) mass is 158 g/mol. The summed E-state index contributed by atoms with van der Waals surface area (Å²) in [5.74, 6) is -0.316. The van der Waals surface area contributed by atoms with Gasteiger partial charge >= 0.3 is 0 Å². The third-order valence-corrected chi connectivity index (χ3v) is 2.03. The van der Waals surface area contributed by atoms with Gasteiger partial charge in [-0.15, -0.1) is 0 Å². The molecule has 63 valence electrons. The zero-order chi connectivity index (χ0) is 8.27. The number of hydrogen-bond acceptors (Lipinski definition) is 2. The van der Waals surface area contributed by atoms with Gasteiger partial charge in [-0.25, -0.2) is 5.11 Å². The van der Waals surface area contributed by atoms with Crippen molar-refractivity contribution in [2.75, 3.05) is 19.8 Å². The molecule has 0 aromatic carbocycles. The summed E-state index contributed by atoms with van der Waals surface area (Å²) < 4.78 is 0. The van der Waals surface area contributed by atoms with Gasteiger partial charge in [0.1, 0.15) is 13.2 Å². The average molecular weight is 158 g/mol. The Kier molecular flexibility index (Phi) is 2.84. The van der Waals surface area contributed by atoms with Crippen LogP contribution >= 0.6 is 0 Å². The SMILES string of the molecule is [O]C[C@@H]1CCCN1C(=O)CO. The van der Waals surface area contributed by atoms with Crippen LogP contribution in [-0.2, 0) is 9.90 Å². The molecule has 1 aliphatic heterocycles. The van der Waals surface area contributed by atoms with E-state index in [-0.39, 0.29) is 18.6 Å². The Bertz CT molecular complexity index is 149. The maximum atomic E-state index is 10.9. The third-order valence-electron chi connectivity index (χ3n) is 2.03. The molecule has 1 heterocycles. The molecule has 1 aliphatic rings. The van der Waals surface area contributed by atoms with E-state index < -0.39 is 6.61 Å². The third kappa shape index (κ3) is 1.70. The first kappa shape index (κ1) is 8.49. The van der Waals surface area contributed by atoms with Crippen molar-refractivity contribution >= 4 is 5.91 Å². The largest absolute Gasteiger partial charge is 0.387 e. The van der Waals surface area contributed by atoms with Crippen LogP contribution in [0.2, 0.25) is 0 Å². The molecule has 0 unspecified atom stereocenters. The van der Waals surface area contributed by atoms with Crippen LogP contribution in [0.1, 0.15) is 12.8 Å². The number of hydrogen-bond donors (Lipinski definition) is 1. The number of likely N-dealkylation sites (tertiary alicyclic amines) is 1. The lowest BCUT2D eigenvalue weighted by molar-refractivity contribution is -0.136. The number of aliphatic hydroxyl groups is 1. The van der Waals surface area contributed by atoms with E-state index in [0.717, 1.165) is 12.8 Å². The Morgan fingerprint density at radius 2 is 2.36 bits per heavy atom. The molecule has 0 bridgehead atoms. The first-order valence-electron chi connectivity index (χ1n) is 3.78. The molecule has 1 amide bonds. The number of aliphatic hydroxyl groups excluding tert-OH is 1. The topological polar surface area (TPSA) is 60.4 Å². The van der Waals surface area contributed by atoms with E-state index in [4.69, 9.17) is 5.11 Å². The van der Waals surface area contributed by atoms with Crippen LogP contribution in [0, 0.1) is 0 Å². The molecule has 1 atom stereocenters. The number of carbonyl (C=O) groups excluding carboxylic acids is 1. The lowest BCUT2D eigenvalue weighted by Gasteiger charge is -2.20. The lowest BCUT2D eigenvalue weighted by Crippen LogP contribution is -2.38. The summed E-state index contributed by atoms with van der Waals surface area (Å²) in [7, 11) is 0. The minimum atomic E-state index is -0.476. The first-order chi connectivity index (χ1) is 5.29. The highest BCUT2D eigenvalue weighted by Gasteiger charge is 2.27. The Balaban J connectivity index is 2.49. The lowest BCUT2D eigenvalue weighted by atomic mass is 10.2. The maximum Gasteiger partial charge on any atom is 0.248 e. The Hall–Kier alpha value is -0.610. The summed E-state index contributed by atoms with van der Waals surface area (Å²) in [4.78, 5) is 12.4. The van der Waals surface area contributed by atoms with Gasteiger partial charge in [0, 0.05) is 6.54 Å². The Morgan fingerprint density at radius 3 is 2.91 bits per heavy atom. The number of carbonyl (C=O) groups is 1. The van der Waals surface area contributed by atoms with Gasteiger partial charge in [-0.05, 0) is 12.8 Å². The van der Waals surface area contributed by atoms with Crippen LogP contribution in [-0.4, -0.2) is 41.7 Å². The molecule has 1 N–H and O–H groups in total. The zero-order valence-electron chi connectivity index (χ0n) is 6.32. The van der Waals surface area contributed by atoms with Crippen LogP contribution < -0.4 is 0 Å². The van der Waals surface area contributed by atoms with Gasteiger partial charge in [0.25, 0.3) is 0 Å². The normalized spacial score (nSPS) is 24.2. The minimum absolute atomic E-state index is 0.172. The Labute approximate surface area is 65.4 Å². The van der Waals surface area contributed by atoms with Gasteiger partial charge in [-0.3, -0.25) is 4.79 Å². The van der Waals surface area contributed by atoms with Crippen LogP contribution in [0.4, 0.5) is 0 Å². The van der Waals surface area contributed by atoms with Gasteiger partial charge in [-0.2, -0.15) is 0 Å². The van der Waals surface area contributed by atoms with Crippen LogP contribution in [0.25, 0.3) is 0 Å². The van der Waals surface area contributed by atoms with Crippen LogP contribution in [0.15, 0.2) is 0 Å². The van der Waals surface area contributed by atoms with Gasteiger partial charge in [-0.1, -0.05) is 0 Å². The quantitative estimate of drug-likeness (QED) is 0.583. The van der Waals surface area contributed by atoms with E-state index in [1.54, 1.807) is 0 Å². The second kappa shape index (κ2) is 3.69. The highest BCUT2D eigenvalue weighted by molar-refractivity contribution is 5.77. The van der Waals surface area contributed by atoms with Crippen molar-refractivity contribution in [3.63, 3.8) is 0 Å². The summed E-state index contributed by atoms with van der Waals surface area (Å²) in [5.41, 5.74) is 0. The van der Waals surface area contributed by atoms with E-state index in [1.807, 2.05) is 0 Å². The maximum absolute atomic E-state index is 10.9.